The summed E-state index contributed by atoms with van der Waals surface area (Å²) in [6, 6.07) is 10.4. The lowest BCUT2D eigenvalue weighted by molar-refractivity contribution is -0.115. The van der Waals surface area contributed by atoms with Crippen molar-refractivity contribution in [2.45, 2.75) is 38.3 Å². The van der Waals surface area contributed by atoms with Gasteiger partial charge < -0.3 is 15.1 Å². The molecule has 0 bridgehead atoms. The molecule has 2 aromatic heterocycles. The van der Waals surface area contributed by atoms with Crippen molar-refractivity contribution >= 4 is 34.9 Å². The number of furan rings is 1. The summed E-state index contributed by atoms with van der Waals surface area (Å²) in [5.41, 5.74) is 2.36. The van der Waals surface area contributed by atoms with Gasteiger partial charge in [0.1, 0.15) is 11.6 Å². The molecule has 1 aliphatic carbocycles. The fourth-order valence-corrected chi connectivity index (χ4v) is 5.21. The zero-order chi connectivity index (χ0) is 24.9. The number of amides is 2. The van der Waals surface area contributed by atoms with Gasteiger partial charge in [0, 0.05) is 24.3 Å². The molecule has 3 N–H and O–H groups in total. The Bertz CT molecular complexity index is 1270. The van der Waals surface area contributed by atoms with Crippen LogP contribution < -0.4 is 16.0 Å². The average Bonchev–Trinajstić information content (AvgIpc) is 3.51. The number of benzene rings is 1. The van der Waals surface area contributed by atoms with Crippen LogP contribution in [0.4, 0.5) is 15.1 Å². The van der Waals surface area contributed by atoms with Crippen molar-refractivity contribution in [2.75, 3.05) is 11.9 Å². The van der Waals surface area contributed by atoms with Gasteiger partial charge in [-0.3, -0.25) is 14.9 Å². The summed E-state index contributed by atoms with van der Waals surface area (Å²) in [6.07, 6.45) is 8.98. The first-order chi connectivity index (χ1) is 17.5. The molecule has 1 aromatic carbocycles. The number of carbonyl (C=O) groups excluding carboxylic acids is 2. The van der Waals surface area contributed by atoms with Crippen LogP contribution in [0.25, 0.3) is 17.4 Å². The number of thioether (sulfide) groups is 1. The van der Waals surface area contributed by atoms with Crippen molar-refractivity contribution in [3.63, 3.8) is 0 Å². The predicted octanol–water partition coefficient (Wildman–Crippen LogP) is 4.96. The predicted molar refractivity (Wildman–Crippen MR) is 136 cm³/mol. The summed E-state index contributed by atoms with van der Waals surface area (Å²) in [7, 11) is 0. The number of halogens is 1. The Kier molecular flexibility index (Phi) is 7.43. The minimum atomic E-state index is -0.401. The van der Waals surface area contributed by atoms with Gasteiger partial charge >= 0.3 is 0 Å². The van der Waals surface area contributed by atoms with Crippen molar-refractivity contribution in [3.05, 3.63) is 70.8 Å². The highest BCUT2D eigenvalue weighted by Gasteiger charge is 2.25. The number of nitrogens with zero attached hydrogens (tertiary/aromatic N) is 2. The highest BCUT2D eigenvalue weighted by molar-refractivity contribution is 8.18. The van der Waals surface area contributed by atoms with Crippen molar-refractivity contribution in [3.8, 4) is 11.3 Å². The Morgan fingerprint density at radius 3 is 2.78 bits per heavy atom. The second kappa shape index (κ2) is 11.0. The van der Waals surface area contributed by atoms with E-state index in [9.17, 15) is 14.0 Å². The van der Waals surface area contributed by atoms with E-state index >= 15 is 0 Å². The molecule has 3 heterocycles. The molecule has 1 aliphatic heterocycles. The molecule has 8 nitrogen and oxygen atoms in total. The molecule has 0 spiro atoms. The van der Waals surface area contributed by atoms with Gasteiger partial charge in [-0.05, 0) is 91.9 Å². The standard InChI is InChI=1S/C26H26FN5O3S/c27-18-6-5-17(21(12-18)22-2-1-11-35-22)15-28-14-16-3-7-19(8-4-16)30-25-29-10-9-20(31-25)13-23-24(33)32-26(34)36-23/h1-2,5-6,9-13,16,19,28H,3-4,7-8,14-15H2,(H,29,30,31)(H,32,33,34)/b23-13-. The minimum Gasteiger partial charge on any atom is -0.464 e. The second-order valence-corrected chi connectivity index (χ2v) is 9.94. The van der Waals surface area contributed by atoms with Gasteiger partial charge in [0.05, 0.1) is 16.9 Å². The number of carbonyl (C=O) groups is 2. The van der Waals surface area contributed by atoms with Crippen LogP contribution in [-0.2, 0) is 11.3 Å². The molecule has 2 amide bonds. The number of nitrogens with one attached hydrogen (secondary N) is 3. The Morgan fingerprint density at radius 2 is 2.03 bits per heavy atom. The van der Waals surface area contributed by atoms with E-state index in [-0.39, 0.29) is 17.1 Å². The van der Waals surface area contributed by atoms with E-state index in [1.54, 1.807) is 36.7 Å². The lowest BCUT2D eigenvalue weighted by atomic mass is 9.86. The fraction of sp³-hybridized carbons (Fsp3) is 0.308. The van der Waals surface area contributed by atoms with Gasteiger partial charge in [-0.15, -0.1) is 0 Å². The molecular weight excluding hydrogens is 481 g/mol. The molecule has 2 aliphatic rings. The quantitative estimate of drug-likeness (QED) is 0.367. The van der Waals surface area contributed by atoms with E-state index in [1.807, 2.05) is 6.07 Å². The zero-order valence-corrected chi connectivity index (χ0v) is 20.3. The summed E-state index contributed by atoms with van der Waals surface area (Å²) in [5.74, 6) is 1.06. The Morgan fingerprint density at radius 1 is 1.17 bits per heavy atom. The lowest BCUT2D eigenvalue weighted by Crippen LogP contribution is -2.31. The first kappa shape index (κ1) is 24.2. The maximum Gasteiger partial charge on any atom is 0.290 e. The van der Waals surface area contributed by atoms with Gasteiger partial charge in [-0.2, -0.15) is 0 Å². The van der Waals surface area contributed by atoms with Crippen LogP contribution in [0.3, 0.4) is 0 Å². The molecule has 0 radical (unpaired) electrons. The molecule has 3 aromatic rings. The molecule has 1 saturated heterocycles. The summed E-state index contributed by atoms with van der Waals surface area (Å²) < 4.78 is 19.3. The number of aromatic nitrogens is 2. The van der Waals surface area contributed by atoms with E-state index in [4.69, 9.17) is 4.42 Å². The first-order valence-electron chi connectivity index (χ1n) is 11.9. The molecule has 186 valence electrons. The SMILES string of the molecule is O=C1NC(=O)/C(=C/c2ccnc(NC3CCC(CNCc4ccc(F)cc4-c4ccco4)CC3)n2)S1. The zero-order valence-electron chi connectivity index (χ0n) is 19.5. The molecule has 2 fully saturated rings. The van der Waals surface area contributed by atoms with Crippen LogP contribution in [0.15, 0.2) is 58.2 Å². The maximum atomic E-state index is 13.8. The number of hydrogen-bond acceptors (Lipinski definition) is 8. The summed E-state index contributed by atoms with van der Waals surface area (Å²) in [4.78, 5) is 32.2. The van der Waals surface area contributed by atoms with Gasteiger partial charge in [-0.25, -0.2) is 14.4 Å². The number of imide groups is 1. The van der Waals surface area contributed by atoms with E-state index in [0.29, 0.717) is 34.8 Å². The highest BCUT2D eigenvalue weighted by Crippen LogP contribution is 2.28. The normalized spacial score (nSPS) is 21.1. The van der Waals surface area contributed by atoms with Gasteiger partial charge in [0.15, 0.2) is 0 Å². The molecule has 0 atom stereocenters. The van der Waals surface area contributed by atoms with E-state index < -0.39 is 5.91 Å². The first-order valence-corrected chi connectivity index (χ1v) is 12.7. The summed E-state index contributed by atoms with van der Waals surface area (Å²) >= 11 is 0.869. The molecule has 5 rings (SSSR count). The topological polar surface area (TPSA) is 109 Å². The molecule has 10 heteroatoms. The second-order valence-electron chi connectivity index (χ2n) is 8.93. The van der Waals surface area contributed by atoms with Crippen LogP contribution in [0.2, 0.25) is 0 Å². The smallest absolute Gasteiger partial charge is 0.290 e. The van der Waals surface area contributed by atoms with Crippen LogP contribution >= 0.6 is 11.8 Å². The number of hydrogen-bond donors (Lipinski definition) is 3. The molecule has 0 unspecified atom stereocenters. The van der Waals surface area contributed by atoms with E-state index in [2.05, 4.69) is 25.9 Å². The Hall–Kier alpha value is -3.50. The van der Waals surface area contributed by atoms with Gasteiger partial charge in [0.25, 0.3) is 11.1 Å². The fourth-order valence-electron chi connectivity index (χ4n) is 4.55. The average molecular weight is 508 g/mol. The third kappa shape index (κ3) is 6.00. The van der Waals surface area contributed by atoms with E-state index in [1.165, 1.54) is 12.1 Å². The van der Waals surface area contributed by atoms with Crippen LogP contribution in [0.5, 0.6) is 0 Å². The van der Waals surface area contributed by atoms with Gasteiger partial charge in [0.2, 0.25) is 5.95 Å². The summed E-state index contributed by atoms with van der Waals surface area (Å²) in [6.45, 7) is 1.53. The summed E-state index contributed by atoms with van der Waals surface area (Å²) in [5, 5.41) is 8.80. The Labute approximate surface area is 212 Å². The monoisotopic (exact) mass is 507 g/mol. The van der Waals surface area contributed by atoms with Crippen molar-refractivity contribution < 1.29 is 18.4 Å². The molecular formula is C26H26FN5O3S. The van der Waals surface area contributed by atoms with Crippen LogP contribution in [-0.4, -0.2) is 33.7 Å². The molecule has 1 saturated carbocycles. The third-order valence-electron chi connectivity index (χ3n) is 6.39. The minimum absolute atomic E-state index is 0.275. The van der Waals surface area contributed by atoms with Crippen molar-refractivity contribution in [1.29, 1.82) is 0 Å². The Balaban J connectivity index is 1.10. The lowest BCUT2D eigenvalue weighted by Gasteiger charge is -2.29. The van der Waals surface area contributed by atoms with Crippen LogP contribution in [0, 0.1) is 11.7 Å². The van der Waals surface area contributed by atoms with Gasteiger partial charge in [-0.1, -0.05) is 6.07 Å². The van der Waals surface area contributed by atoms with E-state index in [0.717, 1.165) is 55.1 Å². The number of rotatable bonds is 8. The van der Waals surface area contributed by atoms with Crippen molar-refractivity contribution in [1.82, 2.24) is 20.6 Å². The molecule has 36 heavy (non-hydrogen) atoms. The maximum absolute atomic E-state index is 13.8. The largest absolute Gasteiger partial charge is 0.464 e. The van der Waals surface area contributed by atoms with Crippen molar-refractivity contribution in [2.24, 2.45) is 5.92 Å². The van der Waals surface area contributed by atoms with Crippen LogP contribution in [0.1, 0.15) is 36.9 Å². The third-order valence-corrected chi connectivity index (χ3v) is 7.20. The number of anilines is 1. The highest BCUT2D eigenvalue weighted by atomic mass is 32.2.